The second-order valence-corrected chi connectivity index (χ2v) is 3.58. The van der Waals surface area contributed by atoms with Crippen molar-refractivity contribution < 1.29 is 9.90 Å². The van der Waals surface area contributed by atoms with Crippen LogP contribution in [0.4, 0.5) is 0 Å². The largest absolute Gasteiger partial charge is 0.396 e. The van der Waals surface area contributed by atoms with Crippen LogP contribution in [0.5, 0.6) is 0 Å². The summed E-state index contributed by atoms with van der Waals surface area (Å²) in [4.78, 5) is 11.0. The molecule has 0 fully saturated rings. The Morgan fingerprint density at radius 1 is 1.50 bits per heavy atom. The number of carbonyl (C=O) groups is 1. The van der Waals surface area contributed by atoms with Crippen LogP contribution in [0.15, 0.2) is 24.4 Å². The first kappa shape index (κ1) is 10.6. The molecule has 1 heterocycles. The highest BCUT2D eigenvalue weighted by Gasteiger charge is 2.05. The van der Waals surface area contributed by atoms with Gasteiger partial charge in [-0.1, -0.05) is 0 Å². The fourth-order valence-electron chi connectivity index (χ4n) is 1.64. The number of aliphatic hydroxyl groups excluding tert-OH is 1. The van der Waals surface area contributed by atoms with Crippen molar-refractivity contribution >= 4 is 16.8 Å². The lowest BCUT2D eigenvalue weighted by Gasteiger charge is -2.02. The first-order valence-electron chi connectivity index (χ1n) is 5.08. The minimum atomic E-state index is -0.440. The standard InChI is InChI=1S/C11H13N3O2/c12-11(16)8-2-3-10-9(6-8)7-13-14(10)4-1-5-15/h2-3,6-7,15H,1,4-5H2,(H2,12,16). The van der Waals surface area contributed by atoms with E-state index in [2.05, 4.69) is 5.10 Å². The number of primary amides is 1. The van der Waals surface area contributed by atoms with Gasteiger partial charge in [0.05, 0.1) is 11.7 Å². The summed E-state index contributed by atoms with van der Waals surface area (Å²) in [5.74, 6) is -0.440. The van der Waals surface area contributed by atoms with Gasteiger partial charge < -0.3 is 10.8 Å². The van der Waals surface area contributed by atoms with E-state index in [0.29, 0.717) is 18.5 Å². The number of rotatable bonds is 4. The molecule has 2 aromatic rings. The maximum absolute atomic E-state index is 11.0. The molecule has 0 spiro atoms. The Morgan fingerprint density at radius 2 is 2.31 bits per heavy atom. The summed E-state index contributed by atoms with van der Waals surface area (Å²) < 4.78 is 1.80. The zero-order valence-corrected chi connectivity index (χ0v) is 8.76. The van der Waals surface area contributed by atoms with Crippen LogP contribution in [0.2, 0.25) is 0 Å². The normalized spacial score (nSPS) is 10.8. The Kier molecular flexibility index (Phi) is 2.87. The highest BCUT2D eigenvalue weighted by molar-refractivity contribution is 5.96. The second kappa shape index (κ2) is 4.32. The molecular weight excluding hydrogens is 206 g/mol. The summed E-state index contributed by atoms with van der Waals surface area (Å²) in [6.07, 6.45) is 2.35. The Balaban J connectivity index is 2.38. The van der Waals surface area contributed by atoms with Crippen molar-refractivity contribution in [1.29, 1.82) is 0 Å². The number of nitrogens with two attached hydrogens (primary N) is 1. The van der Waals surface area contributed by atoms with Gasteiger partial charge in [0.2, 0.25) is 5.91 Å². The molecule has 84 valence electrons. The fraction of sp³-hybridized carbons (Fsp3) is 0.273. The van der Waals surface area contributed by atoms with E-state index in [1.807, 2.05) is 6.07 Å². The molecule has 16 heavy (non-hydrogen) atoms. The number of carbonyl (C=O) groups excluding carboxylic acids is 1. The Morgan fingerprint density at radius 3 is 3.00 bits per heavy atom. The van der Waals surface area contributed by atoms with Crippen LogP contribution in [-0.4, -0.2) is 27.4 Å². The van der Waals surface area contributed by atoms with Crippen molar-refractivity contribution in [2.75, 3.05) is 6.61 Å². The smallest absolute Gasteiger partial charge is 0.248 e. The summed E-state index contributed by atoms with van der Waals surface area (Å²) >= 11 is 0. The van der Waals surface area contributed by atoms with Crippen LogP contribution < -0.4 is 5.73 Å². The molecule has 5 heteroatoms. The summed E-state index contributed by atoms with van der Waals surface area (Å²) in [6, 6.07) is 5.22. The second-order valence-electron chi connectivity index (χ2n) is 3.58. The number of hydrogen-bond donors (Lipinski definition) is 2. The number of benzene rings is 1. The first-order valence-corrected chi connectivity index (χ1v) is 5.08. The molecule has 0 radical (unpaired) electrons. The van der Waals surface area contributed by atoms with Gasteiger partial charge in [0.25, 0.3) is 0 Å². The van der Waals surface area contributed by atoms with Crippen molar-refractivity contribution in [2.24, 2.45) is 5.73 Å². The van der Waals surface area contributed by atoms with Crippen LogP contribution in [0, 0.1) is 0 Å². The summed E-state index contributed by atoms with van der Waals surface area (Å²) in [6.45, 7) is 0.802. The molecule has 1 aromatic heterocycles. The molecule has 0 atom stereocenters. The van der Waals surface area contributed by atoms with Crippen LogP contribution in [-0.2, 0) is 6.54 Å². The maximum atomic E-state index is 11.0. The van der Waals surface area contributed by atoms with Crippen LogP contribution in [0.3, 0.4) is 0 Å². The number of aromatic nitrogens is 2. The highest BCUT2D eigenvalue weighted by atomic mass is 16.3. The Bertz CT molecular complexity index is 519. The predicted octanol–water partition coefficient (Wildman–Crippen LogP) is 0.518. The lowest BCUT2D eigenvalue weighted by Crippen LogP contribution is -2.10. The van der Waals surface area contributed by atoms with Gasteiger partial charge in [-0.3, -0.25) is 9.48 Å². The lowest BCUT2D eigenvalue weighted by atomic mass is 10.1. The summed E-state index contributed by atoms with van der Waals surface area (Å²) in [5.41, 5.74) is 6.62. The van der Waals surface area contributed by atoms with E-state index in [1.54, 1.807) is 23.0 Å². The number of nitrogens with zero attached hydrogens (tertiary/aromatic N) is 2. The quantitative estimate of drug-likeness (QED) is 0.786. The third kappa shape index (κ3) is 1.90. The van der Waals surface area contributed by atoms with E-state index in [4.69, 9.17) is 10.8 Å². The molecule has 1 aromatic carbocycles. The average molecular weight is 219 g/mol. The molecule has 0 bridgehead atoms. The Hall–Kier alpha value is -1.88. The molecule has 0 aliphatic rings. The predicted molar refractivity (Wildman–Crippen MR) is 60.0 cm³/mol. The molecular formula is C11H13N3O2. The molecule has 0 saturated heterocycles. The first-order chi connectivity index (χ1) is 7.72. The third-order valence-corrected chi connectivity index (χ3v) is 2.45. The lowest BCUT2D eigenvalue weighted by molar-refractivity contribution is 0.100. The molecule has 1 amide bonds. The molecule has 0 unspecified atom stereocenters. The minimum Gasteiger partial charge on any atom is -0.396 e. The topological polar surface area (TPSA) is 81.1 Å². The SMILES string of the molecule is NC(=O)c1ccc2c(cnn2CCCO)c1. The van der Waals surface area contributed by atoms with E-state index in [1.165, 1.54) is 0 Å². The third-order valence-electron chi connectivity index (χ3n) is 2.45. The molecule has 0 aliphatic carbocycles. The van der Waals surface area contributed by atoms with Crippen molar-refractivity contribution in [3.63, 3.8) is 0 Å². The number of fused-ring (bicyclic) bond motifs is 1. The van der Waals surface area contributed by atoms with Gasteiger partial charge in [-0.05, 0) is 24.6 Å². The maximum Gasteiger partial charge on any atom is 0.248 e. The van der Waals surface area contributed by atoms with Crippen molar-refractivity contribution in [2.45, 2.75) is 13.0 Å². The molecule has 5 nitrogen and oxygen atoms in total. The van der Waals surface area contributed by atoms with E-state index < -0.39 is 5.91 Å². The van der Waals surface area contributed by atoms with Crippen molar-refractivity contribution in [1.82, 2.24) is 9.78 Å². The zero-order valence-electron chi connectivity index (χ0n) is 8.76. The number of amides is 1. The van der Waals surface area contributed by atoms with Gasteiger partial charge in [0.15, 0.2) is 0 Å². The van der Waals surface area contributed by atoms with E-state index in [-0.39, 0.29) is 6.61 Å². The number of aryl methyl sites for hydroxylation is 1. The zero-order chi connectivity index (χ0) is 11.5. The van der Waals surface area contributed by atoms with Gasteiger partial charge in [0.1, 0.15) is 0 Å². The summed E-state index contributed by atoms with van der Waals surface area (Å²) in [5, 5.41) is 13.8. The van der Waals surface area contributed by atoms with Gasteiger partial charge >= 0.3 is 0 Å². The van der Waals surface area contributed by atoms with E-state index in [0.717, 1.165) is 10.9 Å². The fourth-order valence-corrected chi connectivity index (χ4v) is 1.64. The summed E-state index contributed by atoms with van der Waals surface area (Å²) in [7, 11) is 0. The van der Waals surface area contributed by atoms with Gasteiger partial charge in [-0.2, -0.15) is 5.10 Å². The van der Waals surface area contributed by atoms with Crippen molar-refractivity contribution in [3.05, 3.63) is 30.0 Å². The molecule has 2 rings (SSSR count). The van der Waals surface area contributed by atoms with Crippen LogP contribution in [0.1, 0.15) is 16.8 Å². The number of hydrogen-bond acceptors (Lipinski definition) is 3. The van der Waals surface area contributed by atoms with Crippen molar-refractivity contribution in [3.8, 4) is 0 Å². The average Bonchev–Trinajstić information content (AvgIpc) is 2.68. The van der Waals surface area contributed by atoms with E-state index in [9.17, 15) is 4.79 Å². The molecule has 0 aliphatic heterocycles. The van der Waals surface area contributed by atoms with Gasteiger partial charge in [-0.25, -0.2) is 0 Å². The van der Waals surface area contributed by atoms with Gasteiger partial charge in [-0.15, -0.1) is 0 Å². The highest BCUT2D eigenvalue weighted by Crippen LogP contribution is 2.15. The monoisotopic (exact) mass is 219 g/mol. The number of aliphatic hydroxyl groups is 1. The van der Waals surface area contributed by atoms with Crippen LogP contribution >= 0.6 is 0 Å². The Labute approximate surface area is 92.5 Å². The van der Waals surface area contributed by atoms with Crippen LogP contribution in [0.25, 0.3) is 10.9 Å². The minimum absolute atomic E-state index is 0.140. The van der Waals surface area contributed by atoms with Gasteiger partial charge in [0, 0.05) is 24.1 Å². The molecule has 3 N–H and O–H groups in total. The molecule has 0 saturated carbocycles. The van der Waals surface area contributed by atoms with E-state index >= 15 is 0 Å².